The number of rotatable bonds is 13. The average Bonchev–Trinajstić information content (AvgIpc) is 3.00. The lowest BCUT2D eigenvalue weighted by molar-refractivity contribution is 0.489. The minimum Gasteiger partial charge on any atom is -0.354 e. The van der Waals surface area contributed by atoms with Crippen molar-refractivity contribution in [3.8, 4) is 0 Å². The highest BCUT2D eigenvalue weighted by Crippen LogP contribution is 2.40. The molecule has 3 aromatic rings. The maximum Gasteiger partial charge on any atom is 0.0647 e. The van der Waals surface area contributed by atoms with Gasteiger partial charge in [0.25, 0.3) is 0 Å². The van der Waals surface area contributed by atoms with Crippen LogP contribution in [0.2, 0.25) is 0 Å². The van der Waals surface area contributed by atoms with E-state index in [1.54, 1.807) is 0 Å². The minimum atomic E-state index is 0.0576. The van der Waals surface area contributed by atoms with Crippen LogP contribution in [0.15, 0.2) is 121 Å². The van der Waals surface area contributed by atoms with E-state index in [2.05, 4.69) is 137 Å². The van der Waals surface area contributed by atoms with E-state index in [1.807, 2.05) is 13.0 Å². The van der Waals surface area contributed by atoms with Crippen molar-refractivity contribution >= 4 is 22.8 Å². The molecule has 3 nitrogen and oxygen atoms in total. The van der Waals surface area contributed by atoms with Crippen LogP contribution >= 0.6 is 0 Å². The first-order valence-electron chi connectivity index (χ1n) is 15.3. The summed E-state index contributed by atoms with van der Waals surface area (Å²) in [4.78, 5) is 7.52. The normalized spacial score (nSPS) is 16.2. The second-order valence-electron chi connectivity index (χ2n) is 11.6. The summed E-state index contributed by atoms with van der Waals surface area (Å²) in [6.45, 7) is 21.8. The zero-order valence-corrected chi connectivity index (χ0v) is 26.2. The zero-order valence-electron chi connectivity index (χ0n) is 26.2. The monoisotopic (exact) mass is 557 g/mol. The standard InChI is InChI=1S/C39H47N3/c1-9-16-28(6)21-23-33-34-26-31(27(4)5)22-24-32(34)35(11-3)40-38(33)25-29(7)42(8)39-20-15-14-19-37(39)41-36-18-13-12-17-30(36)10-2/h9,11-20,22,24,26-27,33,38,41H,3,6-7,10,21,23,25H2,1-2,4-5,8H3/b16-9-. The van der Waals surface area contributed by atoms with Crippen molar-refractivity contribution in [3.05, 3.63) is 138 Å². The molecular formula is C39H47N3. The molecule has 42 heavy (non-hydrogen) atoms. The molecule has 2 atom stereocenters. The average molecular weight is 558 g/mol. The van der Waals surface area contributed by atoms with E-state index in [-0.39, 0.29) is 12.0 Å². The number of fused-ring (bicyclic) bond motifs is 1. The van der Waals surface area contributed by atoms with Crippen LogP contribution in [0.4, 0.5) is 17.1 Å². The van der Waals surface area contributed by atoms with E-state index in [0.717, 1.165) is 59.7 Å². The van der Waals surface area contributed by atoms with Crippen LogP contribution in [0.3, 0.4) is 0 Å². The second-order valence-corrected chi connectivity index (χ2v) is 11.6. The highest BCUT2D eigenvalue weighted by atomic mass is 15.1. The predicted octanol–water partition coefficient (Wildman–Crippen LogP) is 10.5. The Bertz CT molecular complexity index is 1490. The molecule has 1 N–H and O–H groups in total. The van der Waals surface area contributed by atoms with Crippen molar-refractivity contribution in [1.82, 2.24) is 0 Å². The van der Waals surface area contributed by atoms with Crippen molar-refractivity contribution in [2.45, 2.75) is 71.3 Å². The Labute approximate surface area is 254 Å². The molecule has 0 amide bonds. The summed E-state index contributed by atoms with van der Waals surface area (Å²) < 4.78 is 0. The van der Waals surface area contributed by atoms with Gasteiger partial charge in [-0.2, -0.15) is 0 Å². The van der Waals surface area contributed by atoms with Crippen LogP contribution in [-0.2, 0) is 6.42 Å². The smallest absolute Gasteiger partial charge is 0.0647 e. The van der Waals surface area contributed by atoms with E-state index < -0.39 is 0 Å². The van der Waals surface area contributed by atoms with Crippen LogP contribution in [0, 0.1) is 0 Å². The van der Waals surface area contributed by atoms with Crippen LogP contribution in [0.5, 0.6) is 0 Å². The first kappa shape index (κ1) is 30.8. The van der Waals surface area contributed by atoms with Gasteiger partial charge < -0.3 is 10.2 Å². The number of allylic oxidation sites excluding steroid dienone is 4. The van der Waals surface area contributed by atoms with Gasteiger partial charge in [0, 0.05) is 36.3 Å². The van der Waals surface area contributed by atoms with Crippen LogP contribution in [0.25, 0.3) is 0 Å². The van der Waals surface area contributed by atoms with Crippen molar-refractivity contribution in [2.24, 2.45) is 4.99 Å². The molecule has 0 bridgehead atoms. The lowest BCUT2D eigenvalue weighted by Crippen LogP contribution is -2.29. The van der Waals surface area contributed by atoms with Crippen LogP contribution in [-0.4, -0.2) is 18.8 Å². The van der Waals surface area contributed by atoms with Gasteiger partial charge in [-0.05, 0) is 73.1 Å². The van der Waals surface area contributed by atoms with Gasteiger partial charge in [-0.1, -0.05) is 107 Å². The van der Waals surface area contributed by atoms with Crippen molar-refractivity contribution in [2.75, 3.05) is 17.3 Å². The van der Waals surface area contributed by atoms with Gasteiger partial charge in [-0.3, -0.25) is 4.99 Å². The van der Waals surface area contributed by atoms with Gasteiger partial charge in [0.15, 0.2) is 0 Å². The molecule has 1 heterocycles. The van der Waals surface area contributed by atoms with Crippen molar-refractivity contribution in [1.29, 1.82) is 0 Å². The Morgan fingerprint density at radius 1 is 1.02 bits per heavy atom. The number of hydrogen-bond acceptors (Lipinski definition) is 3. The van der Waals surface area contributed by atoms with Gasteiger partial charge in [0.2, 0.25) is 0 Å². The Hall–Kier alpha value is -4.11. The lowest BCUT2D eigenvalue weighted by Gasteiger charge is -2.34. The molecule has 0 saturated heterocycles. The Morgan fingerprint density at radius 3 is 2.43 bits per heavy atom. The fraction of sp³-hybridized carbons (Fsp3) is 0.308. The van der Waals surface area contributed by atoms with Gasteiger partial charge in [-0.25, -0.2) is 0 Å². The lowest BCUT2D eigenvalue weighted by atomic mass is 9.77. The number of para-hydroxylation sites is 3. The maximum atomic E-state index is 5.30. The molecule has 3 aromatic carbocycles. The topological polar surface area (TPSA) is 27.6 Å². The first-order valence-corrected chi connectivity index (χ1v) is 15.3. The third kappa shape index (κ3) is 7.02. The van der Waals surface area contributed by atoms with E-state index >= 15 is 0 Å². The SMILES string of the molecule is C=CC1=NC(CC(=C)N(C)c2ccccc2Nc2ccccc2CC)C(CCC(=C)/C=C\C)c2cc(C(C)C)ccc21. The Morgan fingerprint density at radius 2 is 1.74 bits per heavy atom. The number of aliphatic imine (C=N–C) groups is 1. The molecule has 3 heteroatoms. The summed E-state index contributed by atoms with van der Waals surface area (Å²) >= 11 is 0. The van der Waals surface area contributed by atoms with Crippen LogP contribution < -0.4 is 10.2 Å². The fourth-order valence-electron chi connectivity index (χ4n) is 5.90. The highest BCUT2D eigenvalue weighted by molar-refractivity contribution is 6.10. The molecule has 0 radical (unpaired) electrons. The van der Waals surface area contributed by atoms with Gasteiger partial charge in [0.1, 0.15) is 0 Å². The van der Waals surface area contributed by atoms with Crippen molar-refractivity contribution < 1.29 is 0 Å². The first-order chi connectivity index (χ1) is 20.3. The molecular weight excluding hydrogens is 510 g/mol. The number of benzene rings is 3. The van der Waals surface area contributed by atoms with E-state index in [1.165, 1.54) is 22.3 Å². The van der Waals surface area contributed by atoms with Crippen molar-refractivity contribution in [3.63, 3.8) is 0 Å². The molecule has 1 aliphatic rings. The Kier molecular flexibility index (Phi) is 10.4. The number of anilines is 3. The zero-order chi connectivity index (χ0) is 30.2. The van der Waals surface area contributed by atoms with Crippen LogP contribution in [0.1, 0.15) is 81.0 Å². The fourth-order valence-corrected chi connectivity index (χ4v) is 5.90. The molecule has 218 valence electrons. The molecule has 0 spiro atoms. The highest BCUT2D eigenvalue weighted by Gasteiger charge is 2.31. The number of hydrogen-bond donors (Lipinski definition) is 1. The van der Waals surface area contributed by atoms with E-state index in [9.17, 15) is 0 Å². The summed E-state index contributed by atoms with van der Waals surface area (Å²) in [5.74, 6) is 0.723. The molecule has 1 aliphatic heterocycles. The molecule has 4 rings (SSSR count). The molecule has 0 saturated carbocycles. The van der Waals surface area contributed by atoms with Gasteiger partial charge in [0.05, 0.1) is 23.1 Å². The Balaban J connectivity index is 1.65. The maximum absolute atomic E-state index is 5.30. The third-order valence-corrected chi connectivity index (χ3v) is 8.41. The third-order valence-electron chi connectivity index (χ3n) is 8.41. The number of nitrogens with zero attached hydrogens (tertiary/aromatic N) is 2. The van der Waals surface area contributed by atoms with Gasteiger partial charge >= 0.3 is 0 Å². The molecule has 2 unspecified atom stereocenters. The number of nitrogens with one attached hydrogen (secondary N) is 1. The van der Waals surface area contributed by atoms with E-state index in [4.69, 9.17) is 4.99 Å². The largest absolute Gasteiger partial charge is 0.354 e. The summed E-state index contributed by atoms with van der Waals surface area (Å²) in [5.41, 5.74) is 11.7. The second kappa shape index (κ2) is 14.2. The summed E-state index contributed by atoms with van der Waals surface area (Å²) in [7, 11) is 2.11. The minimum absolute atomic E-state index is 0.0576. The van der Waals surface area contributed by atoms with E-state index in [0.29, 0.717) is 5.92 Å². The quantitative estimate of drug-likeness (QED) is 0.212. The van der Waals surface area contributed by atoms with Gasteiger partial charge in [-0.15, -0.1) is 0 Å². The summed E-state index contributed by atoms with van der Waals surface area (Å²) in [6.07, 6.45) is 9.74. The molecule has 0 aliphatic carbocycles. The molecule has 0 fully saturated rings. The summed E-state index contributed by atoms with van der Waals surface area (Å²) in [6, 6.07) is 23.9. The number of aryl methyl sites for hydroxylation is 1. The molecule has 0 aromatic heterocycles. The predicted molar refractivity (Wildman–Crippen MR) is 185 cm³/mol. The summed E-state index contributed by atoms with van der Waals surface area (Å²) in [5, 5.41) is 3.69.